The molecule has 0 bridgehead atoms. The summed E-state index contributed by atoms with van der Waals surface area (Å²) in [5, 5.41) is 3.89. The zero-order valence-electron chi connectivity index (χ0n) is 15.2. The molecule has 0 aliphatic carbocycles. The van der Waals surface area contributed by atoms with E-state index in [9.17, 15) is 9.59 Å². The third kappa shape index (κ3) is 5.82. The van der Waals surface area contributed by atoms with Crippen LogP contribution in [-0.4, -0.2) is 54.7 Å². The molecule has 2 aromatic rings. The highest BCUT2D eigenvalue weighted by molar-refractivity contribution is 7.99. The molecule has 0 aliphatic heterocycles. The number of nitrogens with one attached hydrogen (secondary N) is 1. The molecular weight excluding hydrogens is 354 g/mol. The fourth-order valence-electron chi connectivity index (χ4n) is 2.40. The minimum absolute atomic E-state index is 0.0885. The third-order valence-corrected chi connectivity index (χ3v) is 4.64. The Labute approximate surface area is 157 Å². The van der Waals surface area contributed by atoms with Gasteiger partial charge in [0, 0.05) is 33.4 Å². The van der Waals surface area contributed by atoms with Gasteiger partial charge in [0.25, 0.3) is 5.56 Å². The molecular formula is C18H25N3O4S. The molecule has 1 aromatic carbocycles. The molecule has 8 heteroatoms. The van der Waals surface area contributed by atoms with Crippen molar-refractivity contribution in [3.05, 3.63) is 34.6 Å². The van der Waals surface area contributed by atoms with Crippen LogP contribution in [0.1, 0.15) is 13.3 Å². The lowest BCUT2D eigenvalue weighted by molar-refractivity contribution is -0.118. The van der Waals surface area contributed by atoms with E-state index in [1.54, 1.807) is 17.7 Å². The second-order valence-corrected chi connectivity index (χ2v) is 6.49. The van der Waals surface area contributed by atoms with E-state index in [1.165, 1.54) is 11.8 Å². The first-order valence-electron chi connectivity index (χ1n) is 8.63. The molecule has 142 valence electrons. The molecule has 0 saturated carbocycles. The molecule has 0 fully saturated rings. The van der Waals surface area contributed by atoms with E-state index in [4.69, 9.17) is 9.47 Å². The van der Waals surface area contributed by atoms with Crippen LogP contribution in [0.25, 0.3) is 10.9 Å². The lowest BCUT2D eigenvalue weighted by Gasteiger charge is -2.13. The minimum Gasteiger partial charge on any atom is -0.383 e. The lowest BCUT2D eigenvalue weighted by Crippen LogP contribution is -2.29. The van der Waals surface area contributed by atoms with Crippen molar-refractivity contribution >= 4 is 28.6 Å². The van der Waals surface area contributed by atoms with E-state index < -0.39 is 0 Å². The summed E-state index contributed by atoms with van der Waals surface area (Å²) in [6.07, 6.45) is 0.710. The predicted octanol–water partition coefficient (Wildman–Crippen LogP) is 1.68. The number of thioether (sulfide) groups is 1. The van der Waals surface area contributed by atoms with E-state index in [1.807, 2.05) is 25.1 Å². The van der Waals surface area contributed by atoms with Gasteiger partial charge in [-0.15, -0.1) is 0 Å². The molecule has 1 aromatic heterocycles. The quantitative estimate of drug-likeness (QED) is 0.363. The number of benzene rings is 1. The van der Waals surface area contributed by atoms with Gasteiger partial charge in [-0.25, -0.2) is 4.98 Å². The number of aromatic nitrogens is 2. The van der Waals surface area contributed by atoms with E-state index in [2.05, 4.69) is 10.3 Å². The summed E-state index contributed by atoms with van der Waals surface area (Å²) >= 11 is 1.26. The number of carbonyl (C=O) groups is 1. The largest absolute Gasteiger partial charge is 0.383 e. The number of methoxy groups -OCH3 is 1. The van der Waals surface area contributed by atoms with Gasteiger partial charge in [-0.1, -0.05) is 23.9 Å². The van der Waals surface area contributed by atoms with Crippen molar-refractivity contribution in [2.24, 2.45) is 0 Å². The average Bonchev–Trinajstić information content (AvgIpc) is 2.65. The monoisotopic (exact) mass is 379 g/mol. The topological polar surface area (TPSA) is 82.4 Å². The van der Waals surface area contributed by atoms with Crippen molar-refractivity contribution in [1.29, 1.82) is 0 Å². The summed E-state index contributed by atoms with van der Waals surface area (Å²) < 4.78 is 11.9. The second-order valence-electron chi connectivity index (χ2n) is 5.55. The Morgan fingerprint density at radius 2 is 2.12 bits per heavy atom. The summed E-state index contributed by atoms with van der Waals surface area (Å²) in [5.74, 6) is 0.0790. The van der Waals surface area contributed by atoms with Crippen molar-refractivity contribution in [1.82, 2.24) is 14.9 Å². The van der Waals surface area contributed by atoms with Crippen molar-refractivity contribution < 1.29 is 14.3 Å². The number of fused-ring (bicyclic) bond motifs is 1. The van der Waals surface area contributed by atoms with Gasteiger partial charge >= 0.3 is 0 Å². The standard InChI is InChI=1S/C18H25N3O4S/c1-3-25-11-6-10-21-17(23)14-7-4-5-8-15(14)20-18(21)26-13-16(22)19-9-12-24-2/h4-5,7-8H,3,6,9-13H2,1-2H3,(H,19,22). The molecule has 7 nitrogen and oxygen atoms in total. The van der Waals surface area contributed by atoms with Crippen LogP contribution >= 0.6 is 11.8 Å². The number of rotatable bonds is 11. The van der Waals surface area contributed by atoms with E-state index in [0.717, 1.165) is 0 Å². The van der Waals surface area contributed by atoms with Crippen LogP contribution in [0.2, 0.25) is 0 Å². The maximum absolute atomic E-state index is 12.8. The molecule has 1 N–H and O–H groups in total. The van der Waals surface area contributed by atoms with E-state index >= 15 is 0 Å². The van der Waals surface area contributed by atoms with Crippen LogP contribution in [-0.2, 0) is 20.8 Å². The Morgan fingerprint density at radius 3 is 2.88 bits per heavy atom. The first-order chi connectivity index (χ1) is 12.7. The van der Waals surface area contributed by atoms with Gasteiger partial charge in [0.2, 0.25) is 5.91 Å². The third-order valence-electron chi connectivity index (χ3n) is 3.66. The number of para-hydroxylation sites is 1. The molecule has 0 radical (unpaired) electrons. The molecule has 0 saturated heterocycles. The first kappa shape index (κ1) is 20.4. The number of nitrogens with zero attached hydrogens (tertiary/aromatic N) is 2. The number of carbonyl (C=O) groups excluding carboxylic acids is 1. The van der Waals surface area contributed by atoms with E-state index in [-0.39, 0.29) is 17.2 Å². The summed E-state index contributed by atoms with van der Waals surface area (Å²) in [6.45, 7) is 4.60. The Hall–Kier alpha value is -1.90. The van der Waals surface area contributed by atoms with Crippen molar-refractivity contribution in [2.45, 2.75) is 25.0 Å². The highest BCUT2D eigenvalue weighted by Crippen LogP contribution is 2.18. The van der Waals surface area contributed by atoms with Crippen LogP contribution in [0.5, 0.6) is 0 Å². The van der Waals surface area contributed by atoms with Crippen molar-refractivity contribution in [2.75, 3.05) is 39.2 Å². The SMILES string of the molecule is CCOCCCn1c(SCC(=O)NCCOC)nc2ccccc2c1=O. The smallest absolute Gasteiger partial charge is 0.262 e. The van der Waals surface area contributed by atoms with Crippen LogP contribution < -0.4 is 10.9 Å². The molecule has 1 amide bonds. The van der Waals surface area contributed by atoms with Crippen LogP contribution in [0.4, 0.5) is 0 Å². The highest BCUT2D eigenvalue weighted by Gasteiger charge is 2.13. The van der Waals surface area contributed by atoms with Gasteiger partial charge in [-0.3, -0.25) is 14.2 Å². The average molecular weight is 379 g/mol. The number of amides is 1. The maximum atomic E-state index is 12.8. The van der Waals surface area contributed by atoms with Crippen LogP contribution in [0.3, 0.4) is 0 Å². The van der Waals surface area contributed by atoms with Crippen LogP contribution in [0, 0.1) is 0 Å². The minimum atomic E-state index is -0.115. The van der Waals surface area contributed by atoms with Gasteiger partial charge in [0.15, 0.2) is 5.16 Å². The molecule has 0 atom stereocenters. The molecule has 0 spiro atoms. The van der Waals surface area contributed by atoms with Crippen LogP contribution in [0.15, 0.2) is 34.2 Å². The Balaban J connectivity index is 2.16. The van der Waals surface area contributed by atoms with Gasteiger partial charge in [-0.05, 0) is 25.5 Å². The predicted molar refractivity (Wildman–Crippen MR) is 103 cm³/mol. The van der Waals surface area contributed by atoms with Gasteiger partial charge < -0.3 is 14.8 Å². The summed E-state index contributed by atoms with van der Waals surface area (Å²) in [4.78, 5) is 29.3. The lowest BCUT2D eigenvalue weighted by atomic mass is 10.2. The maximum Gasteiger partial charge on any atom is 0.262 e. The van der Waals surface area contributed by atoms with E-state index in [0.29, 0.717) is 55.4 Å². The highest BCUT2D eigenvalue weighted by atomic mass is 32.2. The normalized spacial score (nSPS) is 11.0. The Morgan fingerprint density at radius 1 is 1.31 bits per heavy atom. The fraction of sp³-hybridized carbons (Fsp3) is 0.500. The number of hydrogen-bond donors (Lipinski definition) is 1. The molecule has 0 unspecified atom stereocenters. The molecule has 0 aliphatic rings. The molecule has 2 rings (SSSR count). The van der Waals surface area contributed by atoms with Gasteiger partial charge in [0.05, 0.1) is 23.3 Å². The zero-order valence-corrected chi connectivity index (χ0v) is 16.0. The second kappa shape index (κ2) is 10.9. The van der Waals surface area contributed by atoms with Crippen molar-refractivity contribution in [3.8, 4) is 0 Å². The van der Waals surface area contributed by atoms with Crippen molar-refractivity contribution in [3.63, 3.8) is 0 Å². The summed E-state index contributed by atoms with van der Waals surface area (Å²) in [5.41, 5.74) is 0.551. The fourth-order valence-corrected chi connectivity index (χ4v) is 3.25. The summed E-state index contributed by atoms with van der Waals surface area (Å²) in [6, 6.07) is 7.26. The van der Waals surface area contributed by atoms with Gasteiger partial charge in [0.1, 0.15) is 0 Å². The zero-order chi connectivity index (χ0) is 18.8. The number of ether oxygens (including phenoxy) is 2. The number of hydrogen-bond acceptors (Lipinski definition) is 6. The van der Waals surface area contributed by atoms with Gasteiger partial charge in [-0.2, -0.15) is 0 Å². The Bertz CT molecular complexity index is 779. The molecule has 26 heavy (non-hydrogen) atoms. The Kier molecular flexibility index (Phi) is 8.60. The first-order valence-corrected chi connectivity index (χ1v) is 9.61. The summed E-state index contributed by atoms with van der Waals surface area (Å²) in [7, 11) is 1.58. The molecule has 1 heterocycles.